The van der Waals surface area contributed by atoms with E-state index in [2.05, 4.69) is 10.3 Å². The van der Waals surface area contributed by atoms with Crippen LogP contribution in [0.15, 0.2) is 47.4 Å². The zero-order valence-corrected chi connectivity index (χ0v) is 19.7. The number of amides is 2. The van der Waals surface area contributed by atoms with Gasteiger partial charge in [-0.3, -0.25) is 14.5 Å². The molecule has 2 aromatic heterocycles. The molecule has 1 aliphatic rings. The van der Waals surface area contributed by atoms with Crippen LogP contribution in [0.3, 0.4) is 0 Å². The summed E-state index contributed by atoms with van der Waals surface area (Å²) in [6.45, 7) is 2.09. The molecule has 0 saturated carbocycles. The van der Waals surface area contributed by atoms with Gasteiger partial charge in [-0.15, -0.1) is 11.3 Å². The average Bonchev–Trinajstić information content (AvgIpc) is 3.42. The summed E-state index contributed by atoms with van der Waals surface area (Å²) in [4.78, 5) is 41.5. The first-order valence-electron chi connectivity index (χ1n) is 10.5. The fourth-order valence-electron chi connectivity index (χ4n) is 3.65. The van der Waals surface area contributed by atoms with Crippen LogP contribution in [-0.2, 0) is 4.74 Å². The molecule has 1 aliphatic heterocycles. The minimum absolute atomic E-state index is 0.00566. The summed E-state index contributed by atoms with van der Waals surface area (Å²) in [7, 11) is 0. The number of aryl methyl sites for hydroxylation is 1. The highest BCUT2D eigenvalue weighted by molar-refractivity contribution is 7.18. The van der Waals surface area contributed by atoms with Gasteiger partial charge in [0.15, 0.2) is 5.75 Å². The minimum atomic E-state index is -0.506. The van der Waals surface area contributed by atoms with Gasteiger partial charge in [-0.25, -0.2) is 4.79 Å². The minimum Gasteiger partial charge on any atom is -0.485 e. The van der Waals surface area contributed by atoms with E-state index in [9.17, 15) is 14.4 Å². The maximum atomic E-state index is 12.5. The highest BCUT2D eigenvalue weighted by Crippen LogP contribution is 2.33. The maximum absolute atomic E-state index is 12.5. The van der Waals surface area contributed by atoms with Crippen LogP contribution in [0.25, 0.3) is 11.1 Å². The van der Waals surface area contributed by atoms with Crippen LogP contribution in [0.5, 0.6) is 5.75 Å². The molecule has 0 radical (unpaired) electrons. The third kappa shape index (κ3) is 5.09. The molecule has 1 saturated heterocycles. The number of hydrogen-bond acceptors (Lipinski definition) is 7. The number of carbonyl (C=O) groups excluding carboxylic acids is 2. The predicted octanol–water partition coefficient (Wildman–Crippen LogP) is 3.19. The molecule has 1 aromatic carbocycles. The number of carbonyl (C=O) groups is 2. The van der Waals surface area contributed by atoms with Crippen molar-refractivity contribution >= 4 is 40.6 Å². The Bertz CT molecular complexity index is 1270. The van der Waals surface area contributed by atoms with Crippen molar-refractivity contribution in [2.45, 2.75) is 13.0 Å². The van der Waals surface area contributed by atoms with Crippen LogP contribution in [0.1, 0.15) is 15.2 Å². The molecule has 2 amide bonds. The van der Waals surface area contributed by atoms with Gasteiger partial charge in [0.2, 0.25) is 0 Å². The number of benzene rings is 1. The van der Waals surface area contributed by atoms with Crippen molar-refractivity contribution in [1.82, 2.24) is 10.3 Å². The Morgan fingerprint density at radius 2 is 2.12 bits per heavy atom. The molecular formula is C23H22ClN3O6S. The van der Waals surface area contributed by atoms with Crippen molar-refractivity contribution < 1.29 is 24.2 Å². The molecule has 34 heavy (non-hydrogen) atoms. The first-order valence-corrected chi connectivity index (χ1v) is 11.6. The van der Waals surface area contributed by atoms with Crippen molar-refractivity contribution in [3.05, 3.63) is 67.7 Å². The SMILES string of the molecule is Cc1cc(N2C[C@H](CNC(=O)c3ccc(Cl)s3)OC2=O)ccc1-c1cc[nH]c(=O)c1OCCO. The molecule has 11 heteroatoms. The maximum Gasteiger partial charge on any atom is 0.414 e. The molecular weight excluding hydrogens is 482 g/mol. The second-order valence-corrected chi connectivity index (χ2v) is 9.27. The van der Waals surface area contributed by atoms with Crippen LogP contribution >= 0.6 is 22.9 Å². The normalized spacial score (nSPS) is 15.3. The Kier molecular flexibility index (Phi) is 7.20. The number of aromatic amines is 1. The van der Waals surface area contributed by atoms with Crippen molar-refractivity contribution in [2.75, 3.05) is 31.2 Å². The number of rotatable bonds is 8. The number of H-pyrrole nitrogens is 1. The third-order valence-electron chi connectivity index (χ3n) is 5.23. The Morgan fingerprint density at radius 1 is 1.29 bits per heavy atom. The lowest BCUT2D eigenvalue weighted by Crippen LogP contribution is -2.34. The third-order valence-corrected chi connectivity index (χ3v) is 6.46. The lowest BCUT2D eigenvalue weighted by Gasteiger charge is -2.17. The molecule has 9 nitrogen and oxygen atoms in total. The summed E-state index contributed by atoms with van der Waals surface area (Å²) in [6, 6.07) is 10.4. The number of aliphatic hydroxyl groups is 1. The van der Waals surface area contributed by atoms with Gasteiger partial charge in [0.1, 0.15) is 12.7 Å². The van der Waals surface area contributed by atoms with Crippen molar-refractivity contribution in [3.63, 3.8) is 0 Å². The van der Waals surface area contributed by atoms with Crippen LogP contribution in [0, 0.1) is 6.92 Å². The van der Waals surface area contributed by atoms with E-state index in [1.807, 2.05) is 13.0 Å². The summed E-state index contributed by atoms with van der Waals surface area (Å²) in [5.41, 5.74) is 2.39. The fourth-order valence-corrected chi connectivity index (χ4v) is 4.61. The van der Waals surface area contributed by atoms with Crippen molar-refractivity contribution in [3.8, 4) is 16.9 Å². The van der Waals surface area contributed by atoms with Crippen LogP contribution < -0.4 is 20.5 Å². The standard InChI is InChI=1S/C23H22ClN3O6S/c1-13-10-14(2-3-16(13)17-6-7-25-22(30)20(17)32-9-8-28)27-12-15(33-23(27)31)11-26-21(29)18-4-5-19(24)34-18/h2-7,10,15,28H,8-9,11-12H2,1H3,(H,25,30)(H,26,29)/t15-/m0/s1. The van der Waals surface area contributed by atoms with E-state index >= 15 is 0 Å². The van der Waals surface area contributed by atoms with E-state index in [-0.39, 0.29) is 38.0 Å². The van der Waals surface area contributed by atoms with Crippen LogP contribution in [0.4, 0.5) is 10.5 Å². The summed E-state index contributed by atoms with van der Waals surface area (Å²) in [6.07, 6.45) is 0.518. The van der Waals surface area contributed by atoms with Crippen LogP contribution in [-0.4, -0.2) is 54.5 Å². The molecule has 178 valence electrons. The number of hydrogen-bond donors (Lipinski definition) is 3. The van der Waals surface area contributed by atoms with E-state index in [0.717, 1.165) is 11.1 Å². The molecule has 1 atom stereocenters. The summed E-state index contributed by atoms with van der Waals surface area (Å²) in [5, 5.41) is 11.8. The number of pyridine rings is 1. The van der Waals surface area contributed by atoms with Crippen molar-refractivity contribution in [2.24, 2.45) is 0 Å². The molecule has 3 heterocycles. The van der Waals surface area contributed by atoms with Crippen LogP contribution in [0.2, 0.25) is 4.34 Å². The van der Waals surface area contributed by atoms with E-state index in [0.29, 0.717) is 20.5 Å². The van der Waals surface area contributed by atoms with E-state index in [1.54, 1.807) is 30.3 Å². The molecule has 3 aromatic rings. The number of nitrogens with one attached hydrogen (secondary N) is 2. The lowest BCUT2D eigenvalue weighted by molar-refractivity contribution is 0.0920. The molecule has 0 aliphatic carbocycles. The molecule has 0 bridgehead atoms. The predicted molar refractivity (Wildman–Crippen MR) is 129 cm³/mol. The highest BCUT2D eigenvalue weighted by atomic mass is 35.5. The van der Waals surface area contributed by atoms with E-state index in [1.165, 1.54) is 22.4 Å². The molecule has 0 unspecified atom stereocenters. The van der Waals surface area contributed by atoms with E-state index in [4.69, 9.17) is 26.2 Å². The Hall–Kier alpha value is -3.34. The molecule has 1 fully saturated rings. The lowest BCUT2D eigenvalue weighted by atomic mass is 10.00. The Balaban J connectivity index is 1.47. The fraction of sp³-hybridized carbons (Fsp3) is 0.261. The Labute approximate surface area is 203 Å². The van der Waals surface area contributed by atoms with Gasteiger partial charge >= 0.3 is 6.09 Å². The Morgan fingerprint density at radius 3 is 2.82 bits per heavy atom. The zero-order chi connectivity index (χ0) is 24.2. The molecule has 0 spiro atoms. The average molecular weight is 504 g/mol. The monoisotopic (exact) mass is 503 g/mol. The number of ether oxygens (including phenoxy) is 2. The number of aromatic nitrogens is 1. The van der Waals surface area contributed by atoms with Gasteiger partial charge in [0.05, 0.1) is 28.9 Å². The highest BCUT2D eigenvalue weighted by Gasteiger charge is 2.33. The summed E-state index contributed by atoms with van der Waals surface area (Å²) in [5.74, 6) is -0.153. The van der Waals surface area contributed by atoms with Gasteiger partial charge in [-0.2, -0.15) is 0 Å². The summed E-state index contributed by atoms with van der Waals surface area (Å²) < 4.78 is 11.4. The topological polar surface area (TPSA) is 121 Å². The van der Waals surface area contributed by atoms with E-state index < -0.39 is 17.8 Å². The number of thiophene rings is 1. The number of cyclic esters (lactones) is 1. The zero-order valence-electron chi connectivity index (χ0n) is 18.2. The first-order chi connectivity index (χ1) is 16.4. The van der Waals surface area contributed by atoms with Gasteiger partial charge in [-0.05, 0) is 48.4 Å². The smallest absolute Gasteiger partial charge is 0.414 e. The number of anilines is 1. The number of nitrogens with zero attached hydrogens (tertiary/aromatic N) is 1. The quantitative estimate of drug-likeness (QED) is 0.434. The number of halogens is 1. The van der Waals surface area contributed by atoms with Gasteiger partial charge < -0.3 is 24.9 Å². The first kappa shape index (κ1) is 23.8. The second-order valence-electron chi connectivity index (χ2n) is 7.55. The van der Waals surface area contributed by atoms with Gasteiger partial charge in [0, 0.05) is 17.4 Å². The van der Waals surface area contributed by atoms with Crippen molar-refractivity contribution in [1.29, 1.82) is 0 Å². The molecule has 4 rings (SSSR count). The number of aliphatic hydroxyl groups excluding tert-OH is 1. The van der Waals surface area contributed by atoms with Gasteiger partial charge in [-0.1, -0.05) is 17.7 Å². The largest absolute Gasteiger partial charge is 0.485 e. The van der Waals surface area contributed by atoms with Gasteiger partial charge in [0.25, 0.3) is 11.5 Å². The molecule has 3 N–H and O–H groups in total. The summed E-state index contributed by atoms with van der Waals surface area (Å²) >= 11 is 7.04. The second kappa shape index (κ2) is 10.3.